The van der Waals surface area contributed by atoms with Crippen LogP contribution in [0.2, 0.25) is 0 Å². The number of carbonyl (C=O) groups is 2. The Balaban J connectivity index is 1.67. The molecule has 11 heteroatoms. The molecule has 1 unspecified atom stereocenters. The van der Waals surface area contributed by atoms with Gasteiger partial charge >= 0.3 is 12.1 Å². The number of ether oxygens (including phenoxy) is 1. The van der Waals surface area contributed by atoms with Gasteiger partial charge in [0, 0.05) is 33.3 Å². The van der Waals surface area contributed by atoms with Gasteiger partial charge in [0.25, 0.3) is 0 Å². The monoisotopic (exact) mass is 551 g/mol. The van der Waals surface area contributed by atoms with Crippen molar-refractivity contribution in [3.05, 3.63) is 72.3 Å². The summed E-state index contributed by atoms with van der Waals surface area (Å²) < 4.78 is 5.24. The molecule has 0 saturated carbocycles. The molecule has 1 aromatic heterocycles. The minimum Gasteiger partial charge on any atom is -0.480 e. The summed E-state index contributed by atoms with van der Waals surface area (Å²) in [5.41, 5.74) is 7.97. The van der Waals surface area contributed by atoms with Crippen molar-refractivity contribution in [2.24, 2.45) is 10.9 Å². The number of benzene rings is 1. The number of aliphatic carboxylic acids is 1. The molecule has 2 aromatic rings. The van der Waals surface area contributed by atoms with E-state index in [4.69, 9.17) is 4.74 Å². The first-order valence-corrected chi connectivity index (χ1v) is 13.7. The molecule has 2 atom stereocenters. The number of guanidine groups is 1. The number of aromatic nitrogens is 1. The largest absolute Gasteiger partial charge is 0.480 e. The van der Waals surface area contributed by atoms with Crippen molar-refractivity contribution in [3.63, 3.8) is 0 Å². The van der Waals surface area contributed by atoms with Crippen LogP contribution in [0.4, 0.5) is 4.79 Å². The van der Waals surface area contributed by atoms with Crippen LogP contribution in [0.5, 0.6) is 5.75 Å². The number of hydrogen-bond acceptors (Lipinski definition) is 9. The van der Waals surface area contributed by atoms with Crippen LogP contribution >= 0.6 is 0 Å². The molecule has 0 radical (unpaired) electrons. The smallest absolute Gasteiger partial charge is 0.414 e. The van der Waals surface area contributed by atoms with Gasteiger partial charge in [-0.15, -0.1) is 0 Å². The van der Waals surface area contributed by atoms with Crippen LogP contribution in [0.1, 0.15) is 50.8 Å². The Labute approximate surface area is 236 Å². The van der Waals surface area contributed by atoms with E-state index < -0.39 is 18.1 Å². The third-order valence-corrected chi connectivity index (χ3v) is 6.56. The molecule has 1 aromatic carbocycles. The van der Waals surface area contributed by atoms with Crippen LogP contribution in [0.3, 0.4) is 0 Å². The van der Waals surface area contributed by atoms with Gasteiger partial charge in [0.2, 0.25) is 5.96 Å². The highest BCUT2D eigenvalue weighted by Gasteiger charge is 2.24. The zero-order valence-electron chi connectivity index (χ0n) is 23.8. The van der Waals surface area contributed by atoms with Gasteiger partial charge in [0.05, 0.1) is 24.6 Å². The molecule has 3 rings (SSSR count). The molecule has 1 aliphatic heterocycles. The van der Waals surface area contributed by atoms with Crippen LogP contribution < -0.4 is 15.6 Å². The topological polar surface area (TPSA) is 123 Å². The molecular formula is C29H41N7O4. The molecule has 216 valence electrons. The van der Waals surface area contributed by atoms with Crippen LogP contribution in [0.15, 0.2) is 66.1 Å². The number of carbonyl (C=O) groups excluding carboxylic acids is 1. The highest BCUT2D eigenvalue weighted by atomic mass is 16.6. The third-order valence-electron chi connectivity index (χ3n) is 6.56. The van der Waals surface area contributed by atoms with Crippen molar-refractivity contribution in [1.29, 1.82) is 0 Å². The zero-order chi connectivity index (χ0) is 28.9. The van der Waals surface area contributed by atoms with E-state index in [0.717, 1.165) is 37.1 Å². The summed E-state index contributed by atoms with van der Waals surface area (Å²) in [6.07, 6.45) is 9.30. The average Bonchev–Trinajstić information content (AvgIpc) is 2.95. The Morgan fingerprint density at radius 2 is 1.93 bits per heavy atom. The summed E-state index contributed by atoms with van der Waals surface area (Å²) in [5, 5.41) is 11.5. The maximum absolute atomic E-state index is 12.1. The normalized spacial score (nSPS) is 14.1. The quantitative estimate of drug-likeness (QED) is 0.320. The minimum absolute atomic E-state index is 0.211. The number of carboxylic acid groups (broad SMARTS) is 1. The summed E-state index contributed by atoms with van der Waals surface area (Å²) in [6.45, 7) is 5.78. The number of pyridine rings is 1. The van der Waals surface area contributed by atoms with Crippen molar-refractivity contribution in [2.45, 2.75) is 58.5 Å². The minimum atomic E-state index is -1.00. The fourth-order valence-corrected chi connectivity index (χ4v) is 4.19. The highest BCUT2D eigenvalue weighted by Crippen LogP contribution is 2.18. The first-order chi connectivity index (χ1) is 19.3. The lowest BCUT2D eigenvalue weighted by Gasteiger charge is -2.35. The second-order valence-corrected chi connectivity index (χ2v) is 9.98. The second kappa shape index (κ2) is 15.5. The number of amides is 1. The molecule has 0 bridgehead atoms. The van der Waals surface area contributed by atoms with E-state index in [1.807, 2.05) is 18.2 Å². The maximum atomic E-state index is 12.1. The van der Waals surface area contributed by atoms with E-state index in [9.17, 15) is 14.7 Å². The lowest BCUT2D eigenvalue weighted by molar-refractivity contribution is -0.141. The molecule has 0 aliphatic carbocycles. The molecule has 1 amide bonds. The summed E-state index contributed by atoms with van der Waals surface area (Å²) in [5.74, 6) is 0.499. The predicted octanol–water partition coefficient (Wildman–Crippen LogP) is 4.01. The van der Waals surface area contributed by atoms with Gasteiger partial charge in [-0.2, -0.15) is 0 Å². The number of rotatable bonds is 14. The van der Waals surface area contributed by atoms with Crippen molar-refractivity contribution < 1.29 is 19.4 Å². The Hall–Kier alpha value is -4.12. The molecule has 0 saturated heterocycles. The van der Waals surface area contributed by atoms with Crippen molar-refractivity contribution >= 4 is 18.0 Å². The van der Waals surface area contributed by atoms with Gasteiger partial charge in [-0.1, -0.05) is 51.3 Å². The van der Waals surface area contributed by atoms with Gasteiger partial charge < -0.3 is 19.6 Å². The van der Waals surface area contributed by atoms with E-state index in [1.54, 1.807) is 57.0 Å². The van der Waals surface area contributed by atoms with E-state index in [1.165, 1.54) is 16.4 Å². The number of hydrogen-bond donors (Lipinski definition) is 3. The number of carboxylic acids is 1. The van der Waals surface area contributed by atoms with E-state index in [0.29, 0.717) is 24.2 Å². The van der Waals surface area contributed by atoms with Gasteiger partial charge in [0.1, 0.15) is 11.8 Å². The second-order valence-electron chi connectivity index (χ2n) is 9.98. The van der Waals surface area contributed by atoms with Gasteiger partial charge in [-0.05, 0) is 42.2 Å². The summed E-state index contributed by atoms with van der Waals surface area (Å²) in [7, 11) is 3.21. The number of nitrogens with one attached hydrogen (secondary N) is 2. The number of hydrazine groups is 2. The molecule has 1 aliphatic rings. The van der Waals surface area contributed by atoms with Gasteiger partial charge in [-0.3, -0.25) is 15.2 Å². The highest BCUT2D eigenvalue weighted by molar-refractivity contribution is 5.81. The van der Waals surface area contributed by atoms with Crippen LogP contribution in [-0.4, -0.2) is 69.7 Å². The first kappa shape index (κ1) is 30.4. The van der Waals surface area contributed by atoms with Gasteiger partial charge in [0.15, 0.2) is 0 Å². The predicted molar refractivity (Wildman–Crippen MR) is 154 cm³/mol. The fraction of sp³-hybridized carbons (Fsp3) is 0.448. The standard InChI is InChI=1S/C29H41N7O4/c1-5-7-10-22(6-2)20-35(21-24-11-8-9-16-30-24)28-31-17-18-36(33-28)32-26(27(37)38)19-23-12-14-25(15-13-23)40-29(39)34(3)4/h8-9,11-18,22,26,32H,5-7,10,19-21H2,1-4H3,(H,31,33)(H,37,38)/t22?,26-/m0/s1. The molecule has 2 heterocycles. The van der Waals surface area contributed by atoms with Crippen molar-refractivity contribution in [1.82, 2.24) is 30.8 Å². The first-order valence-electron chi connectivity index (χ1n) is 13.7. The van der Waals surface area contributed by atoms with Crippen molar-refractivity contribution in [2.75, 3.05) is 20.6 Å². The number of aliphatic imine (C=N–C) groups is 1. The summed E-state index contributed by atoms with van der Waals surface area (Å²) in [4.78, 5) is 36.5. The lowest BCUT2D eigenvalue weighted by Crippen LogP contribution is -2.58. The zero-order valence-corrected chi connectivity index (χ0v) is 23.8. The fourth-order valence-electron chi connectivity index (χ4n) is 4.19. The molecule has 40 heavy (non-hydrogen) atoms. The van der Waals surface area contributed by atoms with Crippen LogP contribution in [0.25, 0.3) is 0 Å². The Morgan fingerprint density at radius 3 is 2.55 bits per heavy atom. The average molecular weight is 552 g/mol. The Morgan fingerprint density at radius 1 is 1.15 bits per heavy atom. The Bertz CT molecular complexity index is 1140. The van der Waals surface area contributed by atoms with Crippen LogP contribution in [-0.2, 0) is 17.8 Å². The third kappa shape index (κ3) is 9.57. The van der Waals surface area contributed by atoms with E-state index in [2.05, 4.69) is 39.6 Å². The summed E-state index contributed by atoms with van der Waals surface area (Å²) in [6, 6.07) is 11.7. The summed E-state index contributed by atoms with van der Waals surface area (Å²) >= 11 is 0. The molecule has 0 spiro atoms. The van der Waals surface area contributed by atoms with Crippen molar-refractivity contribution in [3.8, 4) is 5.75 Å². The van der Waals surface area contributed by atoms with Gasteiger partial charge in [-0.25, -0.2) is 20.3 Å². The Kier molecular flexibility index (Phi) is 11.8. The maximum Gasteiger partial charge on any atom is 0.414 e. The molecule has 11 nitrogen and oxygen atoms in total. The number of nitrogens with zero attached hydrogens (tertiary/aromatic N) is 5. The SMILES string of the molecule is CCCCC(CC)CN(Cc1ccccn1)C1=NC=CN(N[C@@H](Cc2ccc(OC(=O)N(C)C)cc2)C(=O)O)N1. The molecular weight excluding hydrogens is 510 g/mol. The molecule has 0 fully saturated rings. The van der Waals surface area contributed by atoms with E-state index in [-0.39, 0.29) is 6.42 Å². The van der Waals surface area contributed by atoms with E-state index >= 15 is 0 Å². The molecule has 3 N–H and O–H groups in total. The lowest BCUT2D eigenvalue weighted by atomic mass is 9.98. The van der Waals surface area contributed by atoms with Crippen LogP contribution in [0, 0.1) is 5.92 Å². The number of unbranched alkanes of at least 4 members (excludes halogenated alkanes) is 1.